The lowest BCUT2D eigenvalue weighted by Crippen LogP contribution is -2.39. The average Bonchev–Trinajstić information content (AvgIpc) is 2.86. The van der Waals surface area contributed by atoms with Gasteiger partial charge in [0.2, 0.25) is 0 Å². The Morgan fingerprint density at radius 1 is 1.40 bits per heavy atom. The molecule has 0 amide bonds. The zero-order valence-electron chi connectivity index (χ0n) is 12.2. The minimum Gasteiger partial charge on any atom is -0.378 e. The lowest BCUT2D eigenvalue weighted by molar-refractivity contribution is 0.116. The second kappa shape index (κ2) is 7.14. The lowest BCUT2D eigenvalue weighted by atomic mass is 9.91. The molecule has 3 unspecified atom stereocenters. The van der Waals surface area contributed by atoms with Crippen LogP contribution in [0.2, 0.25) is 0 Å². The minimum atomic E-state index is -0.771. The summed E-state index contributed by atoms with van der Waals surface area (Å²) in [6.45, 7) is 5.73. The number of nitrogens with one attached hydrogen (secondary N) is 1. The van der Waals surface area contributed by atoms with Gasteiger partial charge in [-0.15, -0.1) is 0 Å². The van der Waals surface area contributed by atoms with Crippen molar-refractivity contribution in [3.05, 3.63) is 35.4 Å². The van der Waals surface area contributed by atoms with Crippen molar-refractivity contribution in [3.63, 3.8) is 0 Å². The van der Waals surface area contributed by atoms with E-state index in [-0.39, 0.29) is 12.1 Å². The Balaban J connectivity index is 2.08. The maximum Gasteiger partial charge on any atom is 0.162 e. The Kier molecular flexibility index (Phi) is 5.49. The van der Waals surface area contributed by atoms with Gasteiger partial charge in [-0.25, -0.2) is 8.78 Å². The highest BCUT2D eigenvalue weighted by molar-refractivity contribution is 5.20. The van der Waals surface area contributed by atoms with E-state index in [1.54, 1.807) is 12.1 Å². The number of ether oxygens (including phenoxy) is 1. The maximum atomic E-state index is 13.8. The second-order valence-electron chi connectivity index (χ2n) is 5.62. The van der Waals surface area contributed by atoms with E-state index in [1.165, 1.54) is 0 Å². The first kappa shape index (κ1) is 15.4. The fourth-order valence-corrected chi connectivity index (χ4v) is 2.81. The quantitative estimate of drug-likeness (QED) is 0.865. The summed E-state index contributed by atoms with van der Waals surface area (Å²) in [5.74, 6) is -1.13. The van der Waals surface area contributed by atoms with Gasteiger partial charge in [-0.1, -0.05) is 19.1 Å². The van der Waals surface area contributed by atoms with Gasteiger partial charge >= 0.3 is 0 Å². The summed E-state index contributed by atoms with van der Waals surface area (Å²) < 4.78 is 32.7. The molecule has 1 aromatic carbocycles. The molecule has 0 aliphatic carbocycles. The van der Waals surface area contributed by atoms with Crippen LogP contribution in [-0.4, -0.2) is 25.3 Å². The van der Waals surface area contributed by atoms with Gasteiger partial charge in [-0.3, -0.25) is 0 Å². The molecule has 112 valence electrons. The van der Waals surface area contributed by atoms with Crippen molar-refractivity contribution in [3.8, 4) is 0 Å². The molecule has 0 radical (unpaired) electrons. The van der Waals surface area contributed by atoms with E-state index in [2.05, 4.69) is 19.2 Å². The monoisotopic (exact) mass is 283 g/mol. The Bertz CT molecular complexity index is 438. The molecule has 1 aliphatic heterocycles. The highest BCUT2D eigenvalue weighted by Crippen LogP contribution is 2.25. The summed E-state index contributed by atoms with van der Waals surface area (Å²) in [6.07, 6.45) is 2.75. The van der Waals surface area contributed by atoms with Crippen LogP contribution in [0.25, 0.3) is 0 Å². The maximum absolute atomic E-state index is 13.8. The SMILES string of the molecule is CCCNC(Cc1cccc(F)c1F)C1COC(C)C1. The highest BCUT2D eigenvalue weighted by Gasteiger charge is 2.30. The van der Waals surface area contributed by atoms with Crippen LogP contribution in [0.15, 0.2) is 18.2 Å². The zero-order valence-corrected chi connectivity index (χ0v) is 12.2. The summed E-state index contributed by atoms with van der Waals surface area (Å²) in [5.41, 5.74) is 0.443. The molecule has 1 aliphatic rings. The van der Waals surface area contributed by atoms with Gasteiger partial charge < -0.3 is 10.1 Å². The molecule has 0 spiro atoms. The van der Waals surface area contributed by atoms with Crippen LogP contribution in [0, 0.1) is 17.6 Å². The molecule has 0 bridgehead atoms. The fraction of sp³-hybridized carbons (Fsp3) is 0.625. The van der Waals surface area contributed by atoms with E-state index in [4.69, 9.17) is 4.74 Å². The van der Waals surface area contributed by atoms with Crippen LogP contribution in [0.4, 0.5) is 8.78 Å². The lowest BCUT2D eigenvalue weighted by Gasteiger charge is -2.24. The van der Waals surface area contributed by atoms with Crippen LogP contribution in [0.1, 0.15) is 32.3 Å². The van der Waals surface area contributed by atoms with Crippen LogP contribution in [0.3, 0.4) is 0 Å². The predicted molar refractivity (Wildman–Crippen MR) is 75.7 cm³/mol. The zero-order chi connectivity index (χ0) is 14.5. The molecule has 4 heteroatoms. The van der Waals surface area contributed by atoms with Gasteiger partial charge in [0.1, 0.15) is 0 Å². The van der Waals surface area contributed by atoms with Crippen molar-refractivity contribution >= 4 is 0 Å². The molecule has 20 heavy (non-hydrogen) atoms. The van der Waals surface area contributed by atoms with Gasteiger partial charge in [0.05, 0.1) is 12.7 Å². The van der Waals surface area contributed by atoms with E-state index in [1.807, 2.05) is 0 Å². The first-order valence-electron chi connectivity index (χ1n) is 7.39. The third kappa shape index (κ3) is 3.76. The number of hydrogen-bond acceptors (Lipinski definition) is 2. The van der Waals surface area contributed by atoms with Crippen molar-refractivity contribution in [2.75, 3.05) is 13.2 Å². The highest BCUT2D eigenvalue weighted by atomic mass is 19.2. The summed E-state index contributed by atoms with van der Waals surface area (Å²) in [6, 6.07) is 4.53. The number of halogens is 2. The molecule has 1 heterocycles. The van der Waals surface area contributed by atoms with Crippen molar-refractivity contribution in [1.29, 1.82) is 0 Å². The second-order valence-corrected chi connectivity index (χ2v) is 5.62. The van der Waals surface area contributed by atoms with Crippen molar-refractivity contribution in [1.82, 2.24) is 5.32 Å². The third-order valence-corrected chi connectivity index (χ3v) is 3.93. The van der Waals surface area contributed by atoms with Crippen molar-refractivity contribution in [2.24, 2.45) is 5.92 Å². The molecule has 1 aromatic rings. The average molecular weight is 283 g/mol. The topological polar surface area (TPSA) is 21.3 Å². The van der Waals surface area contributed by atoms with Gasteiger partial charge in [0.15, 0.2) is 11.6 Å². The largest absolute Gasteiger partial charge is 0.378 e. The van der Waals surface area contributed by atoms with Gasteiger partial charge in [0.25, 0.3) is 0 Å². The Labute approximate surface area is 119 Å². The van der Waals surface area contributed by atoms with Crippen molar-refractivity contribution < 1.29 is 13.5 Å². The molecule has 0 aromatic heterocycles. The van der Waals surface area contributed by atoms with E-state index in [0.717, 1.165) is 25.5 Å². The molecule has 1 saturated heterocycles. The molecule has 1 N–H and O–H groups in total. The van der Waals surface area contributed by atoms with Crippen LogP contribution < -0.4 is 5.32 Å². The summed E-state index contributed by atoms with van der Waals surface area (Å²) >= 11 is 0. The molecular weight excluding hydrogens is 260 g/mol. The molecule has 3 atom stereocenters. The summed E-state index contributed by atoms with van der Waals surface area (Å²) in [5, 5.41) is 3.46. The molecule has 1 fully saturated rings. The minimum absolute atomic E-state index is 0.135. The fourth-order valence-electron chi connectivity index (χ4n) is 2.81. The number of rotatable bonds is 6. The smallest absolute Gasteiger partial charge is 0.162 e. The Morgan fingerprint density at radius 3 is 2.85 bits per heavy atom. The van der Waals surface area contributed by atoms with Crippen LogP contribution in [-0.2, 0) is 11.2 Å². The first-order chi connectivity index (χ1) is 9.61. The normalized spacial score (nSPS) is 24.0. The standard InChI is InChI=1S/C16H23F2NO/c1-3-7-19-15(13-8-11(2)20-10-13)9-12-5-4-6-14(17)16(12)18/h4-6,11,13,15,19H,3,7-10H2,1-2H3. The van der Waals surface area contributed by atoms with Crippen molar-refractivity contribution in [2.45, 2.75) is 45.3 Å². The van der Waals surface area contributed by atoms with Gasteiger partial charge in [0, 0.05) is 12.0 Å². The van der Waals surface area contributed by atoms with Crippen LogP contribution in [0.5, 0.6) is 0 Å². The number of hydrogen-bond donors (Lipinski definition) is 1. The van der Waals surface area contributed by atoms with E-state index in [0.29, 0.717) is 24.5 Å². The molecule has 2 rings (SSSR count). The number of benzene rings is 1. The van der Waals surface area contributed by atoms with Crippen LogP contribution >= 0.6 is 0 Å². The van der Waals surface area contributed by atoms with E-state index in [9.17, 15) is 8.78 Å². The predicted octanol–water partition coefficient (Wildman–Crippen LogP) is 3.30. The molecule has 2 nitrogen and oxygen atoms in total. The summed E-state index contributed by atoms with van der Waals surface area (Å²) in [4.78, 5) is 0. The molecular formula is C16H23F2NO. The third-order valence-electron chi connectivity index (χ3n) is 3.93. The first-order valence-corrected chi connectivity index (χ1v) is 7.39. The molecule has 0 saturated carbocycles. The Hall–Kier alpha value is -1.00. The van der Waals surface area contributed by atoms with Gasteiger partial charge in [-0.05, 0) is 44.4 Å². The Morgan fingerprint density at radius 2 is 2.20 bits per heavy atom. The van der Waals surface area contributed by atoms with Gasteiger partial charge in [-0.2, -0.15) is 0 Å². The van der Waals surface area contributed by atoms with E-state index < -0.39 is 11.6 Å². The van der Waals surface area contributed by atoms with E-state index >= 15 is 0 Å². The summed E-state index contributed by atoms with van der Waals surface area (Å²) in [7, 11) is 0.